The van der Waals surface area contributed by atoms with Crippen LogP contribution in [-0.4, -0.2) is 0 Å². The lowest BCUT2D eigenvalue weighted by molar-refractivity contribution is 0.660. The average molecular weight is 704 g/mol. The monoisotopic (exact) mass is 703 g/mol. The molecule has 11 rings (SSSR count). The number of fused-ring (bicyclic) bond motifs is 11. The van der Waals surface area contributed by atoms with Crippen molar-refractivity contribution in [1.29, 1.82) is 0 Å². The Labute approximate surface area is 324 Å². The predicted octanol–water partition coefficient (Wildman–Crippen LogP) is 13.7. The first kappa shape index (κ1) is 32.0. The van der Waals surface area contributed by atoms with Gasteiger partial charge in [0.2, 0.25) is 0 Å². The van der Waals surface area contributed by atoms with Crippen molar-refractivity contribution < 1.29 is 0 Å². The molecule has 1 unspecified atom stereocenters. The molecule has 0 aliphatic heterocycles. The fourth-order valence-electron chi connectivity index (χ4n) is 10.4. The van der Waals surface area contributed by atoms with Crippen LogP contribution in [0.5, 0.6) is 0 Å². The van der Waals surface area contributed by atoms with Crippen LogP contribution in [0.4, 0.5) is 11.4 Å². The Morgan fingerprint density at radius 1 is 0.455 bits per heavy atom. The third kappa shape index (κ3) is 4.53. The minimum absolute atomic E-state index is 0.110. The van der Waals surface area contributed by atoms with Crippen molar-refractivity contribution >= 4 is 22.5 Å². The molecular formula is C54H41N. The number of hydrogen-bond acceptors (Lipinski definition) is 1. The standard InChI is InChI=1S/C54H41N/c1-53(2)47-24-12-9-20-41(47)46-33-32-40(34-51(46)53)55(38-30-28-37(29-31-38)36-16-5-3-6-17-36)39-18-15-23-45-44-22-11-14-27-50(44)54(52(45)35-39)48-25-8-4-7-19-42(48)43-21-10-13-26-49(43)54/h3-18,20-22,24-35H,19,23H2,1-2H3. The van der Waals surface area contributed by atoms with Crippen LogP contribution in [0.3, 0.4) is 0 Å². The van der Waals surface area contributed by atoms with Crippen molar-refractivity contribution in [1.82, 2.24) is 0 Å². The molecule has 5 aliphatic carbocycles. The van der Waals surface area contributed by atoms with Crippen molar-refractivity contribution in [2.45, 2.75) is 37.5 Å². The minimum Gasteiger partial charge on any atom is -0.310 e. The number of allylic oxidation sites excluding steroid dienone is 11. The zero-order chi connectivity index (χ0) is 36.7. The molecule has 5 aliphatic rings. The molecule has 0 fully saturated rings. The van der Waals surface area contributed by atoms with E-state index in [1.54, 1.807) is 0 Å². The molecular weight excluding hydrogens is 663 g/mol. The summed E-state index contributed by atoms with van der Waals surface area (Å²) in [6.45, 7) is 4.75. The van der Waals surface area contributed by atoms with Gasteiger partial charge in [-0.15, -0.1) is 0 Å². The molecule has 6 aromatic rings. The molecule has 0 N–H and O–H groups in total. The van der Waals surface area contributed by atoms with E-state index in [9.17, 15) is 0 Å². The second-order valence-corrected chi connectivity index (χ2v) is 15.9. The van der Waals surface area contributed by atoms with Gasteiger partial charge in [-0.2, -0.15) is 0 Å². The zero-order valence-corrected chi connectivity index (χ0v) is 31.3. The summed E-state index contributed by atoms with van der Waals surface area (Å²) in [6, 6.07) is 54.3. The summed E-state index contributed by atoms with van der Waals surface area (Å²) in [5.74, 6) is 0. The number of rotatable bonds is 4. The van der Waals surface area contributed by atoms with Gasteiger partial charge in [0, 0.05) is 22.5 Å². The molecule has 0 radical (unpaired) electrons. The van der Waals surface area contributed by atoms with Crippen molar-refractivity contribution in [3.63, 3.8) is 0 Å². The Bertz CT molecular complexity index is 2750. The van der Waals surface area contributed by atoms with Gasteiger partial charge in [-0.05, 0) is 127 Å². The van der Waals surface area contributed by atoms with E-state index in [-0.39, 0.29) is 5.41 Å². The van der Waals surface area contributed by atoms with Crippen molar-refractivity contribution in [2.75, 3.05) is 4.90 Å². The second kappa shape index (κ2) is 12.0. The predicted molar refractivity (Wildman–Crippen MR) is 230 cm³/mol. The topological polar surface area (TPSA) is 3.24 Å². The van der Waals surface area contributed by atoms with E-state index in [0.29, 0.717) is 0 Å². The Morgan fingerprint density at radius 2 is 1.04 bits per heavy atom. The van der Waals surface area contributed by atoms with Crippen LogP contribution in [0.1, 0.15) is 60.1 Å². The summed E-state index contributed by atoms with van der Waals surface area (Å²) in [4.78, 5) is 2.50. The lowest BCUT2D eigenvalue weighted by atomic mass is 9.68. The van der Waals surface area contributed by atoms with E-state index in [1.807, 2.05) is 0 Å². The first-order valence-corrected chi connectivity index (χ1v) is 19.6. The van der Waals surface area contributed by atoms with Gasteiger partial charge in [0.1, 0.15) is 0 Å². The Morgan fingerprint density at radius 3 is 1.78 bits per heavy atom. The lowest BCUT2D eigenvalue weighted by Gasteiger charge is -2.34. The van der Waals surface area contributed by atoms with Gasteiger partial charge < -0.3 is 4.90 Å². The quantitative estimate of drug-likeness (QED) is 0.177. The normalized spacial score (nSPS) is 19.3. The molecule has 0 heterocycles. The SMILES string of the molecule is CC1(C)c2ccccc2-c2ccc(N(C3=CC4=C(CC=C3)c3ccccc3C43C4=C(CC=CC=C4)c4ccccc43)c3ccc(-c4ccccc4)cc3)cc21. The highest BCUT2D eigenvalue weighted by Crippen LogP contribution is 2.63. The molecule has 6 aromatic carbocycles. The van der Waals surface area contributed by atoms with E-state index in [2.05, 4.69) is 207 Å². The molecule has 1 nitrogen and oxygen atoms in total. The zero-order valence-electron chi connectivity index (χ0n) is 31.3. The number of anilines is 2. The van der Waals surface area contributed by atoms with Crippen LogP contribution in [0, 0.1) is 0 Å². The molecule has 1 atom stereocenters. The van der Waals surface area contributed by atoms with Crippen LogP contribution >= 0.6 is 0 Å². The highest BCUT2D eigenvalue weighted by atomic mass is 15.1. The van der Waals surface area contributed by atoms with Crippen LogP contribution in [0.25, 0.3) is 33.4 Å². The highest BCUT2D eigenvalue weighted by molar-refractivity contribution is 5.97. The van der Waals surface area contributed by atoms with Gasteiger partial charge in [-0.25, -0.2) is 0 Å². The molecule has 0 saturated carbocycles. The van der Waals surface area contributed by atoms with Gasteiger partial charge in [-0.1, -0.05) is 166 Å². The van der Waals surface area contributed by atoms with Gasteiger partial charge in [0.15, 0.2) is 0 Å². The van der Waals surface area contributed by atoms with Crippen molar-refractivity contribution in [2.24, 2.45) is 0 Å². The maximum Gasteiger partial charge on any atom is 0.0720 e. The largest absolute Gasteiger partial charge is 0.310 e. The first-order chi connectivity index (χ1) is 27.0. The van der Waals surface area contributed by atoms with Crippen molar-refractivity contribution in [3.05, 3.63) is 238 Å². The van der Waals surface area contributed by atoms with Crippen LogP contribution in [0.15, 0.2) is 205 Å². The molecule has 0 bridgehead atoms. The average Bonchev–Trinajstić information content (AvgIpc) is 3.51. The molecule has 262 valence electrons. The molecule has 1 heteroatoms. The fourth-order valence-corrected chi connectivity index (χ4v) is 10.4. The Hall–Kier alpha value is -6.44. The molecule has 55 heavy (non-hydrogen) atoms. The summed E-state index contributed by atoms with van der Waals surface area (Å²) in [6.07, 6.45) is 18.3. The fraction of sp³-hybridized carbons (Fsp3) is 0.111. The van der Waals surface area contributed by atoms with E-state index in [0.717, 1.165) is 18.5 Å². The van der Waals surface area contributed by atoms with E-state index in [4.69, 9.17) is 0 Å². The van der Waals surface area contributed by atoms with Gasteiger partial charge in [0.05, 0.1) is 5.41 Å². The summed E-state index contributed by atoms with van der Waals surface area (Å²) in [7, 11) is 0. The van der Waals surface area contributed by atoms with Crippen LogP contribution in [-0.2, 0) is 10.8 Å². The Kier molecular flexibility index (Phi) is 7.01. The summed E-state index contributed by atoms with van der Waals surface area (Å²) in [5, 5.41) is 0. The third-order valence-corrected chi connectivity index (χ3v) is 12.8. The number of benzene rings is 6. The molecule has 0 saturated heterocycles. The number of hydrogen-bond donors (Lipinski definition) is 0. The summed E-state index contributed by atoms with van der Waals surface area (Å²) >= 11 is 0. The molecule has 1 spiro atoms. The van der Waals surface area contributed by atoms with Crippen molar-refractivity contribution in [3.8, 4) is 22.3 Å². The highest BCUT2D eigenvalue weighted by Gasteiger charge is 2.52. The summed E-state index contributed by atoms with van der Waals surface area (Å²) in [5.41, 5.74) is 22.0. The van der Waals surface area contributed by atoms with E-state index >= 15 is 0 Å². The van der Waals surface area contributed by atoms with E-state index in [1.165, 1.54) is 89.3 Å². The van der Waals surface area contributed by atoms with Crippen LogP contribution in [0.2, 0.25) is 0 Å². The minimum atomic E-state index is -0.401. The number of nitrogens with zero attached hydrogens (tertiary/aromatic N) is 1. The smallest absolute Gasteiger partial charge is 0.0720 e. The van der Waals surface area contributed by atoms with Gasteiger partial charge in [0.25, 0.3) is 0 Å². The van der Waals surface area contributed by atoms with Gasteiger partial charge in [-0.3, -0.25) is 0 Å². The van der Waals surface area contributed by atoms with Crippen LogP contribution < -0.4 is 4.90 Å². The Balaban J connectivity index is 1.15. The maximum absolute atomic E-state index is 2.54. The summed E-state index contributed by atoms with van der Waals surface area (Å²) < 4.78 is 0. The first-order valence-electron chi connectivity index (χ1n) is 19.6. The third-order valence-electron chi connectivity index (χ3n) is 12.8. The molecule has 0 amide bonds. The molecule has 0 aromatic heterocycles. The second-order valence-electron chi connectivity index (χ2n) is 15.9. The van der Waals surface area contributed by atoms with Gasteiger partial charge >= 0.3 is 0 Å². The maximum atomic E-state index is 2.54. The lowest BCUT2D eigenvalue weighted by Crippen LogP contribution is -2.28. The van der Waals surface area contributed by atoms with E-state index < -0.39 is 5.41 Å².